The Hall–Kier alpha value is -2.38. The van der Waals surface area contributed by atoms with Gasteiger partial charge in [0.2, 0.25) is 0 Å². The van der Waals surface area contributed by atoms with Crippen LogP contribution < -0.4 is 10.1 Å². The molecular weight excluding hydrogens is 384 g/mol. The topological polar surface area (TPSA) is 57.7 Å². The number of urea groups is 1. The van der Waals surface area contributed by atoms with Gasteiger partial charge in [0, 0.05) is 46.2 Å². The van der Waals surface area contributed by atoms with Crippen LogP contribution in [0.25, 0.3) is 10.2 Å². The van der Waals surface area contributed by atoms with Gasteiger partial charge in [-0.3, -0.25) is 4.90 Å². The van der Waals surface area contributed by atoms with Gasteiger partial charge in [0.25, 0.3) is 5.19 Å². The number of piperidine rings is 1. The summed E-state index contributed by atoms with van der Waals surface area (Å²) in [5.41, 5.74) is 2.43. The zero-order valence-electron chi connectivity index (χ0n) is 17.1. The highest BCUT2D eigenvalue weighted by molar-refractivity contribution is 7.20. The zero-order valence-corrected chi connectivity index (χ0v) is 17.9. The van der Waals surface area contributed by atoms with Crippen LogP contribution >= 0.6 is 11.3 Å². The van der Waals surface area contributed by atoms with Gasteiger partial charge in [-0.2, -0.15) is 0 Å². The van der Waals surface area contributed by atoms with E-state index in [9.17, 15) is 4.79 Å². The van der Waals surface area contributed by atoms with Crippen LogP contribution in [0.1, 0.15) is 25.7 Å². The van der Waals surface area contributed by atoms with Crippen LogP contribution in [0.15, 0.2) is 47.7 Å². The summed E-state index contributed by atoms with van der Waals surface area (Å²) in [6.07, 6.45) is 8.25. The minimum atomic E-state index is 0.00392. The van der Waals surface area contributed by atoms with Crippen LogP contribution in [-0.2, 0) is 0 Å². The summed E-state index contributed by atoms with van der Waals surface area (Å²) >= 11 is 1.59. The van der Waals surface area contributed by atoms with Crippen molar-refractivity contribution in [3.8, 4) is 5.19 Å². The molecule has 0 atom stereocenters. The molecule has 4 rings (SSSR count). The lowest BCUT2D eigenvalue weighted by atomic mass is 10.0. The van der Waals surface area contributed by atoms with Crippen LogP contribution in [0.3, 0.4) is 0 Å². The second-order valence-electron chi connectivity index (χ2n) is 7.90. The molecule has 1 fully saturated rings. The Morgan fingerprint density at radius 1 is 1.24 bits per heavy atom. The lowest BCUT2D eigenvalue weighted by Crippen LogP contribution is -2.47. The number of carbonyl (C=O) groups excluding carboxylic acids is 1. The molecule has 6 nitrogen and oxygen atoms in total. The fraction of sp³-hybridized carbons (Fsp3) is 0.455. The zero-order chi connectivity index (χ0) is 20.2. The molecule has 2 aromatic rings. The fourth-order valence-corrected chi connectivity index (χ4v) is 4.56. The van der Waals surface area contributed by atoms with Crippen molar-refractivity contribution in [1.29, 1.82) is 0 Å². The Morgan fingerprint density at radius 2 is 2.03 bits per heavy atom. The first-order valence-electron chi connectivity index (χ1n) is 10.2. The number of hydrogen-bond acceptors (Lipinski definition) is 5. The highest BCUT2D eigenvalue weighted by Crippen LogP contribution is 2.30. The van der Waals surface area contributed by atoms with E-state index in [1.807, 2.05) is 18.2 Å². The largest absolute Gasteiger partial charge is 0.435 e. The molecule has 7 heteroatoms. The number of fused-ring (bicyclic) bond motifs is 1. The normalized spacial score (nSPS) is 18.3. The number of nitrogens with one attached hydrogen (secondary N) is 1. The first-order valence-corrected chi connectivity index (χ1v) is 11.0. The number of rotatable bonds is 5. The van der Waals surface area contributed by atoms with Crippen molar-refractivity contribution in [1.82, 2.24) is 20.1 Å². The van der Waals surface area contributed by atoms with Gasteiger partial charge in [0.05, 0.1) is 10.2 Å². The highest BCUT2D eigenvalue weighted by atomic mass is 32.1. The molecule has 154 valence electrons. The number of nitrogens with zero attached hydrogens (tertiary/aromatic N) is 3. The Balaban J connectivity index is 1.26. The van der Waals surface area contributed by atoms with Crippen molar-refractivity contribution in [2.75, 3.05) is 33.7 Å². The lowest BCUT2D eigenvalue weighted by Gasteiger charge is -2.33. The third-order valence-electron chi connectivity index (χ3n) is 5.44. The molecule has 0 bridgehead atoms. The molecule has 0 radical (unpaired) electrons. The number of benzene rings is 1. The van der Waals surface area contributed by atoms with E-state index in [1.54, 1.807) is 30.3 Å². The third kappa shape index (κ3) is 5.16. The summed E-state index contributed by atoms with van der Waals surface area (Å²) in [6.45, 7) is 3.04. The molecule has 1 aliphatic heterocycles. The van der Waals surface area contributed by atoms with Gasteiger partial charge in [-0.05, 0) is 37.5 Å². The standard InChI is InChI=1S/C22H28N4O2S/c1-25(2)21(27)23-17-11-13-26(14-12-17)15-16-7-9-18(10-8-16)28-22-24-19-5-3-4-6-20(19)29-22/h3-7,9,17H,8,10-15H2,1-2H3,(H,23,27). The predicted molar refractivity (Wildman–Crippen MR) is 117 cm³/mol. The first kappa shape index (κ1) is 19.9. The van der Waals surface area contributed by atoms with Gasteiger partial charge in [0.15, 0.2) is 0 Å². The van der Waals surface area contributed by atoms with E-state index in [1.165, 1.54) is 5.57 Å². The lowest BCUT2D eigenvalue weighted by molar-refractivity contribution is 0.188. The van der Waals surface area contributed by atoms with Crippen LogP contribution in [-0.4, -0.2) is 60.6 Å². The van der Waals surface area contributed by atoms with Crippen molar-refractivity contribution in [2.45, 2.75) is 31.7 Å². The minimum absolute atomic E-state index is 0.00392. The van der Waals surface area contributed by atoms with Gasteiger partial charge in [-0.1, -0.05) is 35.1 Å². The molecule has 0 saturated carbocycles. The molecule has 0 unspecified atom stereocenters. The average Bonchev–Trinajstić information content (AvgIpc) is 3.13. The van der Waals surface area contributed by atoms with E-state index in [-0.39, 0.29) is 12.1 Å². The van der Waals surface area contributed by atoms with Gasteiger partial charge in [0.1, 0.15) is 5.76 Å². The molecule has 2 heterocycles. The van der Waals surface area contributed by atoms with E-state index < -0.39 is 0 Å². The average molecular weight is 413 g/mol. The number of likely N-dealkylation sites (tertiary alicyclic amines) is 1. The quantitative estimate of drug-likeness (QED) is 0.806. The van der Waals surface area contributed by atoms with Crippen LogP contribution in [0.2, 0.25) is 0 Å². The smallest absolute Gasteiger partial charge is 0.317 e. The molecule has 29 heavy (non-hydrogen) atoms. The SMILES string of the molecule is CN(C)C(=O)NC1CCN(CC2=CC=C(Oc3nc4ccccc4s3)CC2)CC1. The van der Waals surface area contributed by atoms with Crippen molar-refractivity contribution < 1.29 is 9.53 Å². The molecule has 1 aliphatic carbocycles. The van der Waals surface area contributed by atoms with Gasteiger partial charge < -0.3 is 15.0 Å². The molecular formula is C22H28N4O2S. The minimum Gasteiger partial charge on any atom is -0.435 e. The maximum absolute atomic E-state index is 11.8. The number of para-hydroxylation sites is 1. The second kappa shape index (κ2) is 8.97. The molecule has 1 N–H and O–H groups in total. The number of carbonyl (C=O) groups is 1. The van der Waals surface area contributed by atoms with Crippen molar-refractivity contribution in [2.24, 2.45) is 0 Å². The van der Waals surface area contributed by atoms with Crippen LogP contribution in [0.4, 0.5) is 4.79 Å². The Bertz CT molecular complexity index is 893. The van der Waals surface area contributed by atoms with Crippen molar-refractivity contribution >= 4 is 27.6 Å². The number of ether oxygens (including phenoxy) is 1. The third-order valence-corrected chi connectivity index (χ3v) is 6.35. The van der Waals surface area contributed by atoms with Crippen LogP contribution in [0, 0.1) is 0 Å². The summed E-state index contributed by atoms with van der Waals surface area (Å²) in [4.78, 5) is 20.4. The number of amides is 2. The van der Waals surface area contributed by atoms with Gasteiger partial charge >= 0.3 is 6.03 Å². The first-order chi connectivity index (χ1) is 14.1. The Morgan fingerprint density at radius 3 is 2.72 bits per heavy atom. The van der Waals surface area contributed by atoms with E-state index in [0.717, 1.165) is 66.5 Å². The predicted octanol–water partition coefficient (Wildman–Crippen LogP) is 4.01. The summed E-state index contributed by atoms with van der Waals surface area (Å²) in [5.74, 6) is 0.984. The van der Waals surface area contributed by atoms with Crippen molar-refractivity contribution in [3.63, 3.8) is 0 Å². The number of hydrogen-bond donors (Lipinski definition) is 1. The summed E-state index contributed by atoms with van der Waals surface area (Å²) in [6, 6.07) is 8.40. The van der Waals surface area contributed by atoms with Crippen molar-refractivity contribution in [3.05, 3.63) is 47.7 Å². The second-order valence-corrected chi connectivity index (χ2v) is 8.89. The molecule has 2 aliphatic rings. The Kier molecular flexibility index (Phi) is 6.16. The maximum Gasteiger partial charge on any atom is 0.317 e. The van der Waals surface area contributed by atoms with E-state index in [0.29, 0.717) is 0 Å². The number of aromatic nitrogens is 1. The molecule has 1 aromatic carbocycles. The Labute approximate surface area is 175 Å². The fourth-order valence-electron chi connectivity index (χ4n) is 3.71. The molecule has 1 saturated heterocycles. The van der Waals surface area contributed by atoms with Gasteiger partial charge in [-0.15, -0.1) is 0 Å². The van der Waals surface area contributed by atoms with Crippen LogP contribution in [0.5, 0.6) is 5.19 Å². The summed E-state index contributed by atoms with van der Waals surface area (Å²) in [7, 11) is 3.56. The van der Waals surface area contributed by atoms with E-state index in [2.05, 4.69) is 33.4 Å². The molecule has 2 amide bonds. The number of thiazole rings is 1. The van der Waals surface area contributed by atoms with Gasteiger partial charge in [-0.25, -0.2) is 9.78 Å². The summed E-state index contributed by atoms with van der Waals surface area (Å²) < 4.78 is 7.17. The maximum atomic E-state index is 11.8. The van der Waals surface area contributed by atoms with E-state index in [4.69, 9.17) is 4.74 Å². The van der Waals surface area contributed by atoms with E-state index >= 15 is 0 Å². The number of allylic oxidation sites excluding steroid dienone is 3. The molecule has 0 spiro atoms. The summed E-state index contributed by atoms with van der Waals surface area (Å²) in [5, 5.41) is 3.81. The highest BCUT2D eigenvalue weighted by Gasteiger charge is 2.22. The molecule has 1 aromatic heterocycles. The monoisotopic (exact) mass is 412 g/mol.